The summed E-state index contributed by atoms with van der Waals surface area (Å²) in [5.74, 6) is -0.668. The first-order chi connectivity index (χ1) is 8.90. The van der Waals surface area contributed by atoms with Crippen LogP contribution in [-0.4, -0.2) is 58.6 Å². The second kappa shape index (κ2) is 5.80. The Hall–Kier alpha value is -0.610. The minimum atomic E-state index is -0.668. The Morgan fingerprint density at radius 1 is 1.32 bits per heavy atom. The Bertz CT molecular complexity index is 324. The molecule has 0 radical (unpaired) electrons. The highest BCUT2D eigenvalue weighted by molar-refractivity contribution is 5.66. The van der Waals surface area contributed by atoms with Crippen molar-refractivity contribution in [2.24, 2.45) is 0 Å². The molecule has 19 heavy (non-hydrogen) atoms. The maximum Gasteiger partial charge on any atom is 0.303 e. The lowest BCUT2D eigenvalue weighted by molar-refractivity contribution is -0.137. The van der Waals surface area contributed by atoms with E-state index in [0.29, 0.717) is 18.5 Å². The average Bonchev–Trinajstić information content (AvgIpc) is 2.83. The van der Waals surface area contributed by atoms with Gasteiger partial charge in [-0.1, -0.05) is 12.8 Å². The van der Waals surface area contributed by atoms with E-state index in [9.17, 15) is 4.79 Å². The molecule has 0 aromatic carbocycles. The molecule has 4 nitrogen and oxygen atoms in total. The Morgan fingerprint density at radius 3 is 2.53 bits per heavy atom. The lowest BCUT2D eigenvalue weighted by Crippen LogP contribution is -2.63. The number of rotatable bonds is 4. The third-order valence-electron chi connectivity index (χ3n) is 5.04. The summed E-state index contributed by atoms with van der Waals surface area (Å²) < 4.78 is 0. The van der Waals surface area contributed by atoms with E-state index in [4.69, 9.17) is 5.11 Å². The first-order valence-electron chi connectivity index (χ1n) is 7.59. The molecule has 1 saturated carbocycles. The van der Waals surface area contributed by atoms with Gasteiger partial charge in [-0.3, -0.25) is 14.6 Å². The number of likely N-dealkylation sites (N-methyl/N-ethyl adjacent to an activating group) is 1. The van der Waals surface area contributed by atoms with Crippen LogP contribution in [0.1, 0.15) is 52.4 Å². The highest BCUT2D eigenvalue weighted by Crippen LogP contribution is 2.32. The first-order valence-corrected chi connectivity index (χ1v) is 7.59. The predicted molar refractivity (Wildman–Crippen MR) is 76.3 cm³/mol. The van der Waals surface area contributed by atoms with E-state index in [2.05, 4.69) is 30.7 Å². The molecule has 110 valence electrons. The molecular formula is C15H28N2O2. The molecule has 1 aliphatic carbocycles. The van der Waals surface area contributed by atoms with Gasteiger partial charge in [-0.2, -0.15) is 0 Å². The summed E-state index contributed by atoms with van der Waals surface area (Å²) in [5.41, 5.74) is 0.197. The third-order valence-corrected chi connectivity index (χ3v) is 5.04. The molecule has 2 fully saturated rings. The van der Waals surface area contributed by atoms with Crippen LogP contribution in [0.4, 0.5) is 0 Å². The topological polar surface area (TPSA) is 43.8 Å². The van der Waals surface area contributed by atoms with Gasteiger partial charge in [0.2, 0.25) is 0 Å². The zero-order valence-electron chi connectivity index (χ0n) is 12.6. The fourth-order valence-electron chi connectivity index (χ4n) is 3.58. The van der Waals surface area contributed by atoms with Crippen LogP contribution < -0.4 is 0 Å². The van der Waals surface area contributed by atoms with E-state index in [-0.39, 0.29) is 5.54 Å². The monoisotopic (exact) mass is 268 g/mol. The molecule has 0 spiro atoms. The minimum Gasteiger partial charge on any atom is -0.481 e. The molecule has 2 aliphatic rings. The first kappa shape index (κ1) is 14.8. The number of carboxylic acid groups (broad SMARTS) is 1. The summed E-state index contributed by atoms with van der Waals surface area (Å²) in [4.78, 5) is 15.9. The molecule has 1 heterocycles. The molecule has 1 N–H and O–H groups in total. The molecule has 1 unspecified atom stereocenters. The number of hydrogen-bond acceptors (Lipinski definition) is 3. The summed E-state index contributed by atoms with van der Waals surface area (Å²) in [6.45, 7) is 6.65. The smallest absolute Gasteiger partial charge is 0.303 e. The Kier molecular flexibility index (Phi) is 4.51. The maximum atomic E-state index is 10.8. The lowest BCUT2D eigenvalue weighted by atomic mass is 9.92. The van der Waals surface area contributed by atoms with Crippen molar-refractivity contribution in [1.82, 2.24) is 9.80 Å². The van der Waals surface area contributed by atoms with Crippen LogP contribution in [0.2, 0.25) is 0 Å². The number of piperazine rings is 1. The van der Waals surface area contributed by atoms with Crippen molar-refractivity contribution in [2.75, 3.05) is 20.1 Å². The molecule has 0 bridgehead atoms. The van der Waals surface area contributed by atoms with Crippen molar-refractivity contribution >= 4 is 5.97 Å². The second-order valence-corrected chi connectivity index (χ2v) is 6.89. The molecule has 1 atom stereocenters. The molecule has 1 aliphatic heterocycles. The SMILES string of the molecule is CN1CC(CCC(=O)O)N(C2CCCC2)CC1(C)C. The quantitative estimate of drug-likeness (QED) is 0.849. The highest BCUT2D eigenvalue weighted by atomic mass is 16.4. The fourth-order valence-corrected chi connectivity index (χ4v) is 3.58. The summed E-state index contributed by atoms with van der Waals surface area (Å²) in [7, 11) is 2.17. The zero-order valence-corrected chi connectivity index (χ0v) is 12.6. The van der Waals surface area contributed by atoms with E-state index in [1.807, 2.05) is 0 Å². The molecule has 0 aromatic rings. The van der Waals surface area contributed by atoms with Gasteiger partial charge in [0, 0.05) is 37.1 Å². The van der Waals surface area contributed by atoms with Gasteiger partial charge in [0.1, 0.15) is 0 Å². The molecule has 4 heteroatoms. The molecule has 1 saturated heterocycles. The highest BCUT2D eigenvalue weighted by Gasteiger charge is 2.40. The van der Waals surface area contributed by atoms with E-state index in [1.165, 1.54) is 25.7 Å². The van der Waals surface area contributed by atoms with Crippen LogP contribution in [-0.2, 0) is 4.79 Å². The van der Waals surface area contributed by atoms with E-state index < -0.39 is 5.97 Å². The van der Waals surface area contributed by atoms with Gasteiger partial charge in [0.25, 0.3) is 0 Å². The Balaban J connectivity index is 2.05. The van der Waals surface area contributed by atoms with Crippen LogP contribution in [0.3, 0.4) is 0 Å². The Morgan fingerprint density at radius 2 is 1.95 bits per heavy atom. The van der Waals surface area contributed by atoms with Gasteiger partial charge in [0.15, 0.2) is 0 Å². The van der Waals surface area contributed by atoms with Gasteiger partial charge in [-0.15, -0.1) is 0 Å². The summed E-state index contributed by atoms with van der Waals surface area (Å²) >= 11 is 0. The summed E-state index contributed by atoms with van der Waals surface area (Å²) in [5, 5.41) is 8.93. The lowest BCUT2D eigenvalue weighted by Gasteiger charge is -2.52. The van der Waals surface area contributed by atoms with Crippen LogP contribution >= 0.6 is 0 Å². The molecule has 0 aromatic heterocycles. The van der Waals surface area contributed by atoms with Crippen molar-refractivity contribution in [3.8, 4) is 0 Å². The maximum absolute atomic E-state index is 10.8. The van der Waals surface area contributed by atoms with Crippen LogP contribution in [0.5, 0.6) is 0 Å². The van der Waals surface area contributed by atoms with Crippen LogP contribution in [0, 0.1) is 0 Å². The molecule has 0 amide bonds. The van der Waals surface area contributed by atoms with Gasteiger partial charge in [-0.25, -0.2) is 0 Å². The number of carbonyl (C=O) groups is 1. The van der Waals surface area contributed by atoms with Gasteiger partial charge >= 0.3 is 5.97 Å². The van der Waals surface area contributed by atoms with Crippen LogP contribution in [0.25, 0.3) is 0 Å². The third kappa shape index (κ3) is 3.48. The van der Waals surface area contributed by atoms with Gasteiger partial charge in [-0.05, 0) is 40.2 Å². The van der Waals surface area contributed by atoms with Gasteiger partial charge < -0.3 is 5.11 Å². The standard InChI is InChI=1S/C15H28N2O2/c1-15(2)11-17(12-6-4-5-7-12)13(10-16(15)3)8-9-14(18)19/h12-13H,4-11H2,1-3H3,(H,18,19). The second-order valence-electron chi connectivity index (χ2n) is 6.89. The minimum absolute atomic E-state index is 0.197. The van der Waals surface area contributed by atoms with Crippen molar-refractivity contribution in [3.05, 3.63) is 0 Å². The predicted octanol–water partition coefficient (Wildman–Crippen LogP) is 2.19. The van der Waals surface area contributed by atoms with Crippen molar-refractivity contribution in [2.45, 2.75) is 70.0 Å². The number of aliphatic carboxylic acids is 1. The van der Waals surface area contributed by atoms with Crippen molar-refractivity contribution in [3.63, 3.8) is 0 Å². The summed E-state index contributed by atoms with van der Waals surface area (Å²) in [6, 6.07) is 1.10. The van der Waals surface area contributed by atoms with Gasteiger partial charge in [0.05, 0.1) is 0 Å². The van der Waals surface area contributed by atoms with E-state index in [0.717, 1.165) is 19.5 Å². The normalized spacial score (nSPS) is 29.7. The molecule has 2 rings (SSSR count). The van der Waals surface area contributed by atoms with E-state index in [1.54, 1.807) is 0 Å². The summed E-state index contributed by atoms with van der Waals surface area (Å²) in [6.07, 6.45) is 6.34. The van der Waals surface area contributed by atoms with Crippen molar-refractivity contribution < 1.29 is 9.90 Å². The number of carboxylic acids is 1. The fraction of sp³-hybridized carbons (Fsp3) is 0.933. The molecular weight excluding hydrogens is 240 g/mol. The van der Waals surface area contributed by atoms with E-state index >= 15 is 0 Å². The number of hydrogen-bond donors (Lipinski definition) is 1. The number of nitrogens with zero attached hydrogens (tertiary/aromatic N) is 2. The van der Waals surface area contributed by atoms with Crippen molar-refractivity contribution in [1.29, 1.82) is 0 Å². The average molecular weight is 268 g/mol. The largest absolute Gasteiger partial charge is 0.481 e. The van der Waals surface area contributed by atoms with Crippen LogP contribution in [0.15, 0.2) is 0 Å². The Labute approximate surface area is 116 Å². The zero-order chi connectivity index (χ0) is 14.0.